The Labute approximate surface area is 155 Å². The van der Waals surface area contributed by atoms with Gasteiger partial charge in [0.2, 0.25) is 0 Å². The van der Waals surface area contributed by atoms with Crippen molar-refractivity contribution < 1.29 is 4.74 Å². The molecule has 0 radical (unpaired) electrons. The zero-order valence-electron chi connectivity index (χ0n) is 14.6. The van der Waals surface area contributed by atoms with Crippen molar-refractivity contribution in [3.8, 4) is 16.2 Å². The van der Waals surface area contributed by atoms with Crippen LogP contribution in [0.3, 0.4) is 0 Å². The molecular weight excluding hydrogens is 344 g/mol. The van der Waals surface area contributed by atoms with E-state index in [9.17, 15) is 4.79 Å². The summed E-state index contributed by atoms with van der Waals surface area (Å²) in [4.78, 5) is 18.4. The van der Waals surface area contributed by atoms with E-state index < -0.39 is 0 Å². The minimum absolute atomic E-state index is 0.000312. The average Bonchev–Trinajstić information content (AvgIpc) is 3.11. The monoisotopic (exact) mass is 362 g/mol. The number of aromatic nitrogens is 2. The summed E-state index contributed by atoms with van der Waals surface area (Å²) >= 11 is 1.48. The van der Waals surface area contributed by atoms with E-state index in [0.717, 1.165) is 27.3 Å². The molecule has 0 amide bonds. The van der Waals surface area contributed by atoms with Gasteiger partial charge in [-0.1, -0.05) is 29.8 Å². The molecule has 5 heteroatoms. The van der Waals surface area contributed by atoms with Gasteiger partial charge >= 0.3 is 0 Å². The van der Waals surface area contributed by atoms with Crippen molar-refractivity contribution >= 4 is 21.6 Å². The molecule has 0 saturated heterocycles. The van der Waals surface area contributed by atoms with E-state index in [-0.39, 0.29) is 5.56 Å². The van der Waals surface area contributed by atoms with Gasteiger partial charge in [0.15, 0.2) is 0 Å². The van der Waals surface area contributed by atoms with Gasteiger partial charge in [-0.25, -0.2) is 4.98 Å². The molecule has 130 valence electrons. The molecule has 2 heterocycles. The Morgan fingerprint density at radius 2 is 1.81 bits per heavy atom. The summed E-state index contributed by atoms with van der Waals surface area (Å²) in [6.45, 7) is 2.58. The second-order valence-corrected chi connectivity index (χ2v) is 7.27. The van der Waals surface area contributed by atoms with Gasteiger partial charge in [0.05, 0.1) is 25.5 Å². The third-order valence-corrected chi connectivity index (χ3v) is 5.51. The number of hydrogen-bond acceptors (Lipinski definition) is 4. The Balaban J connectivity index is 1.71. The first-order chi connectivity index (χ1) is 12.6. The van der Waals surface area contributed by atoms with E-state index >= 15 is 0 Å². The second-order valence-electron chi connectivity index (χ2n) is 6.22. The number of methoxy groups -OCH3 is 1. The van der Waals surface area contributed by atoms with Gasteiger partial charge in [0, 0.05) is 4.88 Å². The number of fused-ring (bicyclic) bond motifs is 1. The number of nitrogens with zero attached hydrogens (tertiary/aromatic N) is 2. The van der Waals surface area contributed by atoms with E-state index in [0.29, 0.717) is 11.2 Å². The maximum Gasteiger partial charge on any atom is 0.271 e. The molecule has 4 rings (SSSR count). The summed E-state index contributed by atoms with van der Waals surface area (Å²) in [7, 11) is 1.65. The van der Waals surface area contributed by atoms with Crippen LogP contribution in [0.25, 0.3) is 20.7 Å². The maximum atomic E-state index is 12.9. The molecule has 2 aromatic heterocycles. The molecule has 0 aliphatic carbocycles. The zero-order valence-corrected chi connectivity index (χ0v) is 15.4. The third kappa shape index (κ3) is 3.13. The van der Waals surface area contributed by atoms with Crippen molar-refractivity contribution in [1.82, 2.24) is 9.55 Å². The molecule has 0 atom stereocenters. The van der Waals surface area contributed by atoms with Crippen molar-refractivity contribution in [3.05, 3.63) is 82.4 Å². The predicted molar refractivity (Wildman–Crippen MR) is 106 cm³/mol. The van der Waals surface area contributed by atoms with Crippen molar-refractivity contribution in [2.45, 2.75) is 13.5 Å². The van der Waals surface area contributed by atoms with E-state index in [1.165, 1.54) is 16.9 Å². The van der Waals surface area contributed by atoms with Crippen molar-refractivity contribution in [2.75, 3.05) is 7.11 Å². The Hall–Kier alpha value is -2.92. The van der Waals surface area contributed by atoms with Crippen LogP contribution in [0.4, 0.5) is 0 Å². The Kier molecular flexibility index (Phi) is 4.31. The van der Waals surface area contributed by atoms with Crippen molar-refractivity contribution in [1.29, 1.82) is 0 Å². The summed E-state index contributed by atoms with van der Waals surface area (Å²) in [6, 6.07) is 18.0. The molecule has 4 aromatic rings. The SMILES string of the molecule is COc1ccc(-c2cc3ncn(Cc4ccc(C)cc4)c(=O)c3s2)cc1. The van der Waals surface area contributed by atoms with Gasteiger partial charge in [-0.05, 0) is 48.4 Å². The molecule has 4 nitrogen and oxygen atoms in total. The summed E-state index contributed by atoms with van der Waals surface area (Å²) in [6.07, 6.45) is 1.63. The summed E-state index contributed by atoms with van der Waals surface area (Å²) in [5.74, 6) is 0.813. The number of rotatable bonds is 4. The molecule has 2 aromatic carbocycles. The van der Waals surface area contributed by atoms with Crippen LogP contribution in [-0.4, -0.2) is 16.7 Å². The summed E-state index contributed by atoms with van der Waals surface area (Å²) in [5, 5.41) is 0. The number of thiophene rings is 1. The van der Waals surface area contributed by atoms with Gasteiger partial charge in [-0.3, -0.25) is 9.36 Å². The zero-order chi connectivity index (χ0) is 18.1. The topological polar surface area (TPSA) is 44.1 Å². The highest BCUT2D eigenvalue weighted by molar-refractivity contribution is 7.22. The molecule has 26 heavy (non-hydrogen) atoms. The quantitative estimate of drug-likeness (QED) is 0.537. The molecule has 0 aliphatic heterocycles. The number of aryl methyl sites for hydroxylation is 1. The first-order valence-electron chi connectivity index (χ1n) is 8.33. The second kappa shape index (κ2) is 6.77. The number of hydrogen-bond donors (Lipinski definition) is 0. The van der Waals surface area contributed by atoms with Crippen LogP contribution in [0.1, 0.15) is 11.1 Å². The Morgan fingerprint density at radius 1 is 1.08 bits per heavy atom. The lowest BCUT2D eigenvalue weighted by Gasteiger charge is -2.05. The van der Waals surface area contributed by atoms with E-state index in [4.69, 9.17) is 4.74 Å². The van der Waals surface area contributed by atoms with Crippen LogP contribution in [-0.2, 0) is 6.54 Å². The van der Waals surface area contributed by atoms with Crippen LogP contribution in [0.15, 0.2) is 65.7 Å². The smallest absolute Gasteiger partial charge is 0.271 e. The van der Waals surface area contributed by atoms with Crippen LogP contribution in [0, 0.1) is 6.92 Å². The van der Waals surface area contributed by atoms with Crippen LogP contribution < -0.4 is 10.3 Å². The Morgan fingerprint density at radius 3 is 2.50 bits per heavy atom. The summed E-state index contributed by atoms with van der Waals surface area (Å²) < 4.78 is 7.55. The predicted octanol–water partition coefficient (Wildman–Crippen LogP) is 4.49. The fourth-order valence-electron chi connectivity index (χ4n) is 2.85. The van der Waals surface area contributed by atoms with Gasteiger partial charge in [0.1, 0.15) is 10.4 Å². The minimum atomic E-state index is 0.000312. The fourth-order valence-corrected chi connectivity index (χ4v) is 3.91. The fraction of sp³-hybridized carbons (Fsp3) is 0.143. The van der Waals surface area contributed by atoms with Gasteiger partial charge in [-0.15, -0.1) is 11.3 Å². The largest absolute Gasteiger partial charge is 0.497 e. The number of benzene rings is 2. The molecule has 0 aliphatic rings. The first-order valence-corrected chi connectivity index (χ1v) is 9.14. The van der Waals surface area contributed by atoms with Gasteiger partial charge in [0.25, 0.3) is 5.56 Å². The lowest BCUT2D eigenvalue weighted by molar-refractivity contribution is 0.415. The summed E-state index contributed by atoms with van der Waals surface area (Å²) in [5.41, 5.74) is 4.09. The third-order valence-electron chi connectivity index (χ3n) is 4.35. The van der Waals surface area contributed by atoms with Gasteiger partial charge in [-0.2, -0.15) is 0 Å². The van der Waals surface area contributed by atoms with Crippen molar-refractivity contribution in [3.63, 3.8) is 0 Å². The lowest BCUT2D eigenvalue weighted by Crippen LogP contribution is -2.20. The van der Waals surface area contributed by atoms with E-state index in [2.05, 4.69) is 24.0 Å². The highest BCUT2D eigenvalue weighted by Gasteiger charge is 2.11. The van der Waals surface area contributed by atoms with Crippen LogP contribution >= 0.6 is 11.3 Å². The van der Waals surface area contributed by atoms with Crippen LogP contribution in [0.5, 0.6) is 5.75 Å². The van der Waals surface area contributed by atoms with E-state index in [1.807, 2.05) is 42.5 Å². The first kappa shape index (κ1) is 16.5. The average molecular weight is 362 g/mol. The molecule has 0 spiro atoms. The highest BCUT2D eigenvalue weighted by Crippen LogP contribution is 2.31. The van der Waals surface area contributed by atoms with Crippen molar-refractivity contribution in [2.24, 2.45) is 0 Å². The standard InChI is InChI=1S/C21H18N2O2S/c1-14-3-5-15(6-4-14)12-23-13-22-18-11-19(26-20(18)21(23)24)16-7-9-17(25-2)10-8-16/h3-11,13H,12H2,1-2H3. The molecule has 0 N–H and O–H groups in total. The Bertz CT molecular complexity index is 1110. The van der Waals surface area contributed by atoms with E-state index in [1.54, 1.807) is 18.0 Å². The lowest BCUT2D eigenvalue weighted by atomic mass is 10.1. The normalized spacial score (nSPS) is 11.0. The molecule has 0 bridgehead atoms. The molecule has 0 unspecified atom stereocenters. The number of ether oxygens (including phenoxy) is 1. The van der Waals surface area contributed by atoms with Gasteiger partial charge < -0.3 is 4.74 Å². The molecule has 0 saturated carbocycles. The minimum Gasteiger partial charge on any atom is -0.497 e. The highest BCUT2D eigenvalue weighted by atomic mass is 32.1. The van der Waals surface area contributed by atoms with Crippen LogP contribution in [0.2, 0.25) is 0 Å². The molecule has 0 fully saturated rings. The maximum absolute atomic E-state index is 12.9. The molecular formula is C21H18N2O2S.